The van der Waals surface area contributed by atoms with E-state index in [4.69, 9.17) is 17.0 Å². The van der Waals surface area contributed by atoms with Gasteiger partial charge in [-0.3, -0.25) is 10.1 Å². The molecule has 22 heavy (non-hydrogen) atoms. The van der Waals surface area contributed by atoms with Crippen molar-refractivity contribution < 1.29 is 9.53 Å². The topological polar surface area (TPSA) is 46.5 Å². The minimum absolute atomic E-state index is 0.185. The highest BCUT2D eigenvalue weighted by Gasteiger charge is 2.16. The van der Waals surface area contributed by atoms with E-state index in [-0.39, 0.29) is 5.91 Å². The predicted octanol–water partition coefficient (Wildman–Crippen LogP) is 1.82. The fraction of sp³-hybridized carbons (Fsp3) is 0.250. The highest BCUT2D eigenvalue weighted by Crippen LogP contribution is 2.10. The Labute approximate surface area is 134 Å². The number of morpholine rings is 1. The molecule has 1 aliphatic rings. The van der Waals surface area contributed by atoms with Gasteiger partial charge in [-0.05, 0) is 48.6 Å². The molecule has 1 amide bonds. The largest absolute Gasteiger partial charge is 0.378 e. The Morgan fingerprint density at radius 2 is 1.73 bits per heavy atom. The first-order valence-corrected chi connectivity index (χ1v) is 7.56. The summed E-state index contributed by atoms with van der Waals surface area (Å²) in [5.41, 5.74) is 1.60. The number of benzene rings is 1. The summed E-state index contributed by atoms with van der Waals surface area (Å²) >= 11 is 5.28. The van der Waals surface area contributed by atoms with Gasteiger partial charge in [-0.2, -0.15) is 0 Å². The number of nitrogens with one attached hydrogen (secondary N) is 1. The molecule has 2 heterocycles. The molecule has 1 fully saturated rings. The van der Waals surface area contributed by atoms with E-state index in [0.717, 1.165) is 5.69 Å². The molecule has 1 saturated heterocycles. The lowest BCUT2D eigenvalue weighted by Gasteiger charge is -2.28. The van der Waals surface area contributed by atoms with Gasteiger partial charge in [-0.1, -0.05) is 0 Å². The fourth-order valence-electron chi connectivity index (χ4n) is 2.31. The van der Waals surface area contributed by atoms with E-state index in [2.05, 4.69) is 5.32 Å². The zero-order valence-electron chi connectivity index (χ0n) is 12.1. The second kappa shape index (κ2) is 6.72. The van der Waals surface area contributed by atoms with Crippen LogP contribution in [0.4, 0.5) is 0 Å². The van der Waals surface area contributed by atoms with Crippen molar-refractivity contribution in [2.45, 2.75) is 0 Å². The third-order valence-electron chi connectivity index (χ3n) is 3.55. The number of thiocarbonyl (C=S) groups is 1. The van der Waals surface area contributed by atoms with Crippen molar-refractivity contribution in [3.63, 3.8) is 0 Å². The number of aromatic nitrogens is 1. The summed E-state index contributed by atoms with van der Waals surface area (Å²) in [6.07, 6.45) is 3.92. The summed E-state index contributed by atoms with van der Waals surface area (Å²) < 4.78 is 7.26. The van der Waals surface area contributed by atoms with Crippen molar-refractivity contribution in [3.05, 3.63) is 54.4 Å². The molecule has 0 saturated carbocycles. The SMILES string of the molecule is O=C(NC(=S)N1CCOCC1)c1ccc(-n2cccc2)cc1. The Kier molecular flexibility index (Phi) is 4.50. The van der Waals surface area contributed by atoms with Crippen LogP contribution < -0.4 is 5.32 Å². The lowest BCUT2D eigenvalue weighted by molar-refractivity contribution is 0.0669. The first-order valence-electron chi connectivity index (χ1n) is 7.15. The quantitative estimate of drug-likeness (QED) is 0.859. The molecule has 0 aliphatic carbocycles. The van der Waals surface area contributed by atoms with Gasteiger partial charge in [0.25, 0.3) is 5.91 Å². The van der Waals surface area contributed by atoms with Crippen LogP contribution in [0.15, 0.2) is 48.8 Å². The van der Waals surface area contributed by atoms with Gasteiger partial charge >= 0.3 is 0 Å². The lowest BCUT2D eigenvalue weighted by atomic mass is 10.2. The Bertz CT molecular complexity index is 647. The van der Waals surface area contributed by atoms with E-state index in [1.54, 1.807) is 12.1 Å². The first kappa shape index (κ1) is 14.7. The third kappa shape index (κ3) is 3.35. The van der Waals surface area contributed by atoms with Gasteiger partial charge in [0.15, 0.2) is 5.11 Å². The van der Waals surface area contributed by atoms with Crippen LogP contribution in [0.25, 0.3) is 5.69 Å². The summed E-state index contributed by atoms with van der Waals surface area (Å²) in [6, 6.07) is 11.3. The molecule has 1 aliphatic heterocycles. The summed E-state index contributed by atoms with van der Waals surface area (Å²) in [5, 5.41) is 3.24. The van der Waals surface area contributed by atoms with E-state index < -0.39 is 0 Å². The molecule has 0 radical (unpaired) electrons. The van der Waals surface area contributed by atoms with E-state index >= 15 is 0 Å². The van der Waals surface area contributed by atoms with Crippen molar-refractivity contribution in [2.24, 2.45) is 0 Å². The van der Waals surface area contributed by atoms with Crippen LogP contribution in [0, 0.1) is 0 Å². The van der Waals surface area contributed by atoms with Gasteiger partial charge in [-0.15, -0.1) is 0 Å². The third-order valence-corrected chi connectivity index (χ3v) is 3.91. The number of nitrogens with zero attached hydrogens (tertiary/aromatic N) is 2. The second-order valence-electron chi connectivity index (χ2n) is 5.00. The van der Waals surface area contributed by atoms with Crippen LogP contribution in [-0.4, -0.2) is 46.8 Å². The zero-order valence-corrected chi connectivity index (χ0v) is 12.9. The number of hydrogen-bond donors (Lipinski definition) is 1. The van der Waals surface area contributed by atoms with Crippen LogP contribution in [0.2, 0.25) is 0 Å². The molecular formula is C16H17N3O2S. The van der Waals surface area contributed by atoms with Gasteiger partial charge in [0, 0.05) is 36.7 Å². The Morgan fingerprint density at radius 3 is 2.36 bits per heavy atom. The van der Waals surface area contributed by atoms with E-state index in [9.17, 15) is 4.79 Å². The van der Waals surface area contributed by atoms with Gasteiger partial charge in [0.1, 0.15) is 0 Å². The minimum atomic E-state index is -0.185. The molecule has 1 N–H and O–H groups in total. The molecule has 5 nitrogen and oxygen atoms in total. The number of ether oxygens (including phenoxy) is 1. The van der Waals surface area contributed by atoms with E-state index in [0.29, 0.717) is 37.0 Å². The second-order valence-corrected chi connectivity index (χ2v) is 5.38. The standard InChI is InChI=1S/C16H17N3O2S/c20-15(17-16(22)19-9-11-21-12-10-19)13-3-5-14(6-4-13)18-7-1-2-8-18/h1-8H,9-12H2,(H,17,20,22). The average molecular weight is 315 g/mol. The number of carbonyl (C=O) groups is 1. The van der Waals surface area contributed by atoms with Crippen LogP contribution >= 0.6 is 12.2 Å². The maximum absolute atomic E-state index is 12.2. The monoisotopic (exact) mass is 315 g/mol. The van der Waals surface area contributed by atoms with Gasteiger partial charge in [0.2, 0.25) is 0 Å². The smallest absolute Gasteiger partial charge is 0.257 e. The van der Waals surface area contributed by atoms with Gasteiger partial charge in [-0.25, -0.2) is 0 Å². The van der Waals surface area contributed by atoms with Gasteiger partial charge < -0.3 is 14.2 Å². The van der Waals surface area contributed by atoms with E-state index in [1.807, 2.05) is 46.1 Å². The van der Waals surface area contributed by atoms with Gasteiger partial charge in [0.05, 0.1) is 13.2 Å². The lowest BCUT2D eigenvalue weighted by Crippen LogP contribution is -2.47. The summed E-state index contributed by atoms with van der Waals surface area (Å²) in [7, 11) is 0. The molecule has 0 unspecified atom stereocenters. The Balaban J connectivity index is 1.63. The van der Waals surface area contributed by atoms with Crippen molar-refractivity contribution >= 4 is 23.2 Å². The summed E-state index contributed by atoms with van der Waals surface area (Å²) in [5.74, 6) is -0.185. The maximum atomic E-state index is 12.2. The minimum Gasteiger partial charge on any atom is -0.378 e. The summed E-state index contributed by atoms with van der Waals surface area (Å²) in [6.45, 7) is 2.71. The molecule has 0 bridgehead atoms. The number of hydrogen-bond acceptors (Lipinski definition) is 3. The molecule has 114 valence electrons. The Hall–Kier alpha value is -2.18. The molecule has 1 aromatic carbocycles. The van der Waals surface area contributed by atoms with Crippen molar-refractivity contribution in [1.29, 1.82) is 0 Å². The molecule has 1 aromatic heterocycles. The average Bonchev–Trinajstić information content (AvgIpc) is 3.10. The fourth-order valence-corrected chi connectivity index (χ4v) is 2.58. The maximum Gasteiger partial charge on any atom is 0.257 e. The molecule has 0 spiro atoms. The van der Waals surface area contributed by atoms with Crippen LogP contribution in [0.5, 0.6) is 0 Å². The number of rotatable bonds is 2. The molecule has 6 heteroatoms. The summed E-state index contributed by atoms with van der Waals surface area (Å²) in [4.78, 5) is 14.2. The van der Waals surface area contributed by atoms with Crippen LogP contribution in [-0.2, 0) is 4.74 Å². The molecule has 2 aromatic rings. The molecule has 0 atom stereocenters. The normalized spacial score (nSPS) is 14.6. The highest BCUT2D eigenvalue weighted by molar-refractivity contribution is 7.80. The Morgan fingerprint density at radius 1 is 1.09 bits per heavy atom. The van der Waals surface area contributed by atoms with E-state index in [1.165, 1.54) is 0 Å². The van der Waals surface area contributed by atoms with Crippen molar-refractivity contribution in [1.82, 2.24) is 14.8 Å². The highest BCUT2D eigenvalue weighted by atomic mass is 32.1. The number of carbonyl (C=O) groups excluding carboxylic acids is 1. The molecule has 3 rings (SSSR count). The van der Waals surface area contributed by atoms with Crippen LogP contribution in [0.1, 0.15) is 10.4 Å². The van der Waals surface area contributed by atoms with Crippen LogP contribution in [0.3, 0.4) is 0 Å². The molecular weight excluding hydrogens is 298 g/mol. The number of amides is 1. The first-order chi connectivity index (χ1) is 10.7. The zero-order chi connectivity index (χ0) is 15.4. The van der Waals surface area contributed by atoms with Crippen molar-refractivity contribution in [2.75, 3.05) is 26.3 Å². The predicted molar refractivity (Wildman–Crippen MR) is 88.2 cm³/mol. The van der Waals surface area contributed by atoms with Crippen molar-refractivity contribution in [3.8, 4) is 5.69 Å².